The van der Waals surface area contributed by atoms with Crippen LogP contribution in [0, 0.1) is 5.92 Å². The van der Waals surface area contributed by atoms with Crippen LogP contribution in [0.15, 0.2) is 42.5 Å². The minimum absolute atomic E-state index is 0.0647. The lowest BCUT2D eigenvalue weighted by Crippen LogP contribution is -2.41. The zero-order valence-electron chi connectivity index (χ0n) is 17.1. The molecule has 162 valence electrons. The van der Waals surface area contributed by atoms with Gasteiger partial charge in [0.2, 0.25) is 15.9 Å². The molecule has 2 aromatic carbocycles. The van der Waals surface area contributed by atoms with Gasteiger partial charge in [-0.25, -0.2) is 12.7 Å². The van der Waals surface area contributed by atoms with Gasteiger partial charge < -0.3 is 5.32 Å². The van der Waals surface area contributed by atoms with Crippen LogP contribution in [0.25, 0.3) is 0 Å². The number of anilines is 1. The van der Waals surface area contributed by atoms with Gasteiger partial charge in [0.25, 0.3) is 0 Å². The van der Waals surface area contributed by atoms with E-state index in [2.05, 4.69) is 19.2 Å². The molecule has 1 heterocycles. The number of piperidine rings is 1. The van der Waals surface area contributed by atoms with E-state index in [1.54, 1.807) is 12.1 Å². The van der Waals surface area contributed by atoms with Crippen LogP contribution in [-0.4, -0.2) is 31.7 Å². The minimum atomic E-state index is -3.52. The fraction of sp³-hybridized carbons (Fsp3) is 0.409. The number of carbonyl (C=O) groups is 1. The standard InChI is InChI=1S/C22H26Cl2N2O3S/c1-15(2)16-4-7-20(8-5-16)25-22(27)17-9-11-26(12-10-17)30(28,29)14-18-3-6-19(23)13-21(18)24/h3-8,13,15,17H,9-12,14H2,1-2H3,(H,25,27). The highest BCUT2D eigenvalue weighted by molar-refractivity contribution is 7.88. The molecule has 0 unspecified atom stereocenters. The number of rotatable bonds is 6. The van der Waals surface area contributed by atoms with E-state index < -0.39 is 10.0 Å². The third-order valence-corrected chi connectivity index (χ3v) is 7.83. The monoisotopic (exact) mass is 468 g/mol. The Hall–Kier alpha value is -1.60. The first-order chi connectivity index (χ1) is 14.2. The molecule has 1 saturated heterocycles. The van der Waals surface area contributed by atoms with E-state index in [0.29, 0.717) is 47.5 Å². The maximum absolute atomic E-state index is 12.8. The first-order valence-corrected chi connectivity index (χ1v) is 12.3. The van der Waals surface area contributed by atoms with Gasteiger partial charge in [-0.15, -0.1) is 0 Å². The van der Waals surface area contributed by atoms with Crippen LogP contribution in [-0.2, 0) is 20.6 Å². The number of hydrogen-bond donors (Lipinski definition) is 1. The molecule has 0 spiro atoms. The van der Waals surface area contributed by atoms with Crippen LogP contribution < -0.4 is 5.32 Å². The maximum atomic E-state index is 12.8. The number of carbonyl (C=O) groups excluding carboxylic acids is 1. The van der Waals surface area contributed by atoms with Crippen LogP contribution in [0.2, 0.25) is 10.0 Å². The van der Waals surface area contributed by atoms with Crippen molar-refractivity contribution in [1.82, 2.24) is 4.31 Å². The van der Waals surface area contributed by atoms with Gasteiger partial charge in [-0.05, 0) is 54.2 Å². The van der Waals surface area contributed by atoms with E-state index in [1.807, 2.05) is 24.3 Å². The van der Waals surface area contributed by atoms with Crippen molar-refractivity contribution in [2.24, 2.45) is 5.92 Å². The predicted octanol–water partition coefficient (Wildman–Crippen LogP) is 5.30. The van der Waals surface area contributed by atoms with Crippen LogP contribution >= 0.6 is 23.2 Å². The summed E-state index contributed by atoms with van der Waals surface area (Å²) in [6, 6.07) is 12.6. The molecular weight excluding hydrogens is 443 g/mol. The second-order valence-electron chi connectivity index (χ2n) is 7.93. The molecule has 0 aliphatic carbocycles. The SMILES string of the molecule is CC(C)c1ccc(NC(=O)C2CCN(S(=O)(=O)Cc3ccc(Cl)cc3Cl)CC2)cc1. The Kier molecular flexibility index (Phi) is 7.45. The summed E-state index contributed by atoms with van der Waals surface area (Å²) in [5, 5.41) is 3.75. The molecule has 1 amide bonds. The van der Waals surface area contributed by atoms with E-state index in [4.69, 9.17) is 23.2 Å². The number of hydrogen-bond acceptors (Lipinski definition) is 3. The number of halogens is 2. The second kappa shape index (κ2) is 9.69. The Balaban J connectivity index is 1.56. The third kappa shape index (κ3) is 5.76. The molecule has 1 aliphatic heterocycles. The molecule has 1 N–H and O–H groups in total. The van der Waals surface area contributed by atoms with E-state index in [-0.39, 0.29) is 17.6 Å². The fourth-order valence-electron chi connectivity index (χ4n) is 3.52. The van der Waals surface area contributed by atoms with Gasteiger partial charge in [-0.3, -0.25) is 4.79 Å². The highest BCUT2D eigenvalue weighted by atomic mass is 35.5. The molecule has 1 aliphatic rings. The number of benzene rings is 2. The number of nitrogens with one attached hydrogen (secondary N) is 1. The first-order valence-electron chi connectivity index (χ1n) is 9.98. The lowest BCUT2D eigenvalue weighted by atomic mass is 9.97. The van der Waals surface area contributed by atoms with Crippen LogP contribution in [0.5, 0.6) is 0 Å². The van der Waals surface area contributed by atoms with Gasteiger partial charge in [-0.2, -0.15) is 0 Å². The van der Waals surface area contributed by atoms with Gasteiger partial charge in [0.15, 0.2) is 0 Å². The Morgan fingerprint density at radius 2 is 1.73 bits per heavy atom. The lowest BCUT2D eigenvalue weighted by Gasteiger charge is -2.30. The van der Waals surface area contributed by atoms with Crippen molar-refractivity contribution in [2.75, 3.05) is 18.4 Å². The van der Waals surface area contributed by atoms with Crippen LogP contribution in [0.1, 0.15) is 43.7 Å². The summed E-state index contributed by atoms with van der Waals surface area (Å²) in [6.45, 7) is 4.88. The molecule has 3 rings (SSSR count). The summed E-state index contributed by atoms with van der Waals surface area (Å²) in [7, 11) is -3.52. The summed E-state index contributed by atoms with van der Waals surface area (Å²) < 4.78 is 27.0. The molecule has 0 saturated carbocycles. The van der Waals surface area contributed by atoms with Gasteiger partial charge in [-0.1, -0.05) is 55.2 Å². The Morgan fingerprint density at radius 3 is 2.30 bits per heavy atom. The van der Waals surface area contributed by atoms with E-state index >= 15 is 0 Å². The van der Waals surface area contributed by atoms with E-state index in [9.17, 15) is 13.2 Å². The topological polar surface area (TPSA) is 66.5 Å². The first kappa shape index (κ1) is 23.1. The summed E-state index contributed by atoms with van der Waals surface area (Å²) in [6.07, 6.45) is 0.979. The summed E-state index contributed by atoms with van der Waals surface area (Å²) in [5.74, 6) is -0.0172. The summed E-state index contributed by atoms with van der Waals surface area (Å²) >= 11 is 12.0. The van der Waals surface area contributed by atoms with Crippen molar-refractivity contribution in [3.05, 3.63) is 63.6 Å². The summed E-state index contributed by atoms with van der Waals surface area (Å²) in [5.41, 5.74) is 2.50. The van der Waals surface area contributed by atoms with Gasteiger partial charge >= 0.3 is 0 Å². The molecule has 0 radical (unpaired) electrons. The molecule has 5 nitrogen and oxygen atoms in total. The molecule has 30 heavy (non-hydrogen) atoms. The van der Waals surface area contributed by atoms with Crippen LogP contribution in [0.4, 0.5) is 5.69 Å². The van der Waals surface area contributed by atoms with Crippen molar-refractivity contribution in [2.45, 2.75) is 38.4 Å². The third-order valence-electron chi connectivity index (χ3n) is 5.42. The molecule has 1 fully saturated rings. The normalized spacial score (nSPS) is 16.0. The quantitative estimate of drug-likeness (QED) is 0.625. The average molecular weight is 469 g/mol. The van der Waals surface area contributed by atoms with Gasteiger partial charge in [0, 0.05) is 34.7 Å². The van der Waals surface area contributed by atoms with Gasteiger partial charge in [0.05, 0.1) is 5.75 Å². The second-order valence-corrected chi connectivity index (χ2v) is 10.7. The number of amides is 1. The largest absolute Gasteiger partial charge is 0.326 e. The molecule has 0 atom stereocenters. The number of nitrogens with zero attached hydrogens (tertiary/aromatic N) is 1. The Bertz CT molecular complexity index is 1000. The zero-order chi connectivity index (χ0) is 21.9. The lowest BCUT2D eigenvalue weighted by molar-refractivity contribution is -0.120. The van der Waals surface area contributed by atoms with Crippen LogP contribution in [0.3, 0.4) is 0 Å². The fourth-order valence-corrected chi connectivity index (χ4v) is 5.67. The highest BCUT2D eigenvalue weighted by Gasteiger charge is 2.31. The number of sulfonamides is 1. The Labute approximate surface area is 188 Å². The maximum Gasteiger partial charge on any atom is 0.227 e. The van der Waals surface area contributed by atoms with Crippen molar-refractivity contribution in [3.63, 3.8) is 0 Å². The molecule has 0 aromatic heterocycles. The minimum Gasteiger partial charge on any atom is -0.326 e. The predicted molar refractivity (Wildman–Crippen MR) is 123 cm³/mol. The van der Waals surface area contributed by atoms with Crippen molar-refractivity contribution >= 4 is 44.8 Å². The van der Waals surface area contributed by atoms with E-state index in [0.717, 1.165) is 5.69 Å². The van der Waals surface area contributed by atoms with Crippen molar-refractivity contribution in [3.8, 4) is 0 Å². The highest BCUT2D eigenvalue weighted by Crippen LogP contribution is 2.27. The van der Waals surface area contributed by atoms with Crippen molar-refractivity contribution in [1.29, 1.82) is 0 Å². The molecule has 2 aromatic rings. The zero-order valence-corrected chi connectivity index (χ0v) is 19.4. The van der Waals surface area contributed by atoms with Gasteiger partial charge in [0.1, 0.15) is 0 Å². The average Bonchev–Trinajstić information content (AvgIpc) is 2.70. The summed E-state index contributed by atoms with van der Waals surface area (Å²) in [4.78, 5) is 12.6. The smallest absolute Gasteiger partial charge is 0.227 e. The molecule has 8 heteroatoms. The van der Waals surface area contributed by atoms with Crippen molar-refractivity contribution < 1.29 is 13.2 Å². The molecule has 0 bridgehead atoms. The van der Waals surface area contributed by atoms with E-state index in [1.165, 1.54) is 15.9 Å². The molecular formula is C22H26Cl2N2O3S. The Morgan fingerprint density at radius 1 is 1.10 bits per heavy atom.